The fourth-order valence-corrected chi connectivity index (χ4v) is 1.42. The highest BCUT2D eigenvalue weighted by Crippen LogP contribution is 2.27. The third kappa shape index (κ3) is 2.45. The summed E-state index contributed by atoms with van der Waals surface area (Å²) in [6.07, 6.45) is 2.66. The van der Waals surface area contributed by atoms with Gasteiger partial charge in [0.15, 0.2) is 0 Å². The number of nitriles is 1. The monoisotopic (exact) mass is 215 g/mol. The van der Waals surface area contributed by atoms with Crippen LogP contribution in [0.5, 0.6) is 0 Å². The van der Waals surface area contributed by atoms with E-state index >= 15 is 0 Å². The Morgan fingerprint density at radius 2 is 1.85 bits per heavy atom. The Kier molecular flexibility index (Phi) is 3.30. The average Bonchev–Trinajstić information content (AvgIpc) is 2.02. The van der Waals surface area contributed by atoms with Crippen molar-refractivity contribution in [3.63, 3.8) is 0 Å². The lowest BCUT2D eigenvalue weighted by Crippen LogP contribution is -1.81. The van der Waals surface area contributed by atoms with E-state index in [-0.39, 0.29) is 10.0 Å². The molecular weight excluding hydrogens is 212 g/mol. The summed E-state index contributed by atoms with van der Waals surface area (Å²) in [5.41, 5.74) is 0.450. The van der Waals surface area contributed by atoms with Crippen LogP contribution >= 0.6 is 23.2 Å². The molecule has 1 nitrogen and oxygen atoms in total. The second-order valence-corrected chi connectivity index (χ2v) is 3.06. The molecule has 66 valence electrons. The zero-order chi connectivity index (χ0) is 9.84. The van der Waals surface area contributed by atoms with Crippen LogP contribution < -0.4 is 0 Å². The van der Waals surface area contributed by atoms with Crippen LogP contribution in [0, 0.1) is 17.1 Å². The van der Waals surface area contributed by atoms with Gasteiger partial charge in [-0.25, -0.2) is 4.39 Å². The summed E-state index contributed by atoms with van der Waals surface area (Å²) in [6.45, 7) is 0. The first-order valence-corrected chi connectivity index (χ1v) is 4.11. The SMILES string of the molecule is N#CC=Cc1c(Cl)cc(F)cc1Cl. The first-order valence-electron chi connectivity index (χ1n) is 3.36. The van der Waals surface area contributed by atoms with Gasteiger partial charge in [0.05, 0.1) is 16.1 Å². The molecule has 0 atom stereocenters. The highest BCUT2D eigenvalue weighted by atomic mass is 35.5. The van der Waals surface area contributed by atoms with E-state index in [1.54, 1.807) is 6.07 Å². The zero-order valence-electron chi connectivity index (χ0n) is 6.39. The Bertz CT molecular complexity index is 370. The molecule has 1 aromatic carbocycles. The smallest absolute Gasteiger partial charge is 0.126 e. The van der Waals surface area contributed by atoms with Gasteiger partial charge in [0.25, 0.3) is 0 Å². The standard InChI is InChI=1S/C9H4Cl2FN/c10-8-4-6(12)5-9(11)7(8)2-1-3-13/h1-2,4-5H. The van der Waals surface area contributed by atoms with Gasteiger partial charge in [-0.3, -0.25) is 0 Å². The van der Waals surface area contributed by atoms with Gasteiger partial charge < -0.3 is 0 Å². The molecule has 0 amide bonds. The third-order valence-electron chi connectivity index (χ3n) is 1.37. The van der Waals surface area contributed by atoms with Gasteiger partial charge in [-0.15, -0.1) is 0 Å². The molecule has 1 rings (SSSR count). The summed E-state index contributed by atoms with van der Waals surface area (Å²) in [4.78, 5) is 0. The first kappa shape index (κ1) is 10.0. The minimum Gasteiger partial charge on any atom is -0.207 e. The lowest BCUT2D eigenvalue weighted by molar-refractivity contribution is 0.628. The van der Waals surface area contributed by atoms with Gasteiger partial charge in [-0.1, -0.05) is 23.2 Å². The molecule has 0 fully saturated rings. The Labute approximate surface area is 85.0 Å². The van der Waals surface area contributed by atoms with Crippen molar-refractivity contribution in [2.24, 2.45) is 0 Å². The molecule has 13 heavy (non-hydrogen) atoms. The van der Waals surface area contributed by atoms with Crippen LogP contribution in [-0.4, -0.2) is 0 Å². The molecule has 1 aromatic rings. The molecule has 4 heteroatoms. The summed E-state index contributed by atoms with van der Waals surface area (Å²) in [5.74, 6) is -0.496. The van der Waals surface area contributed by atoms with Crippen LogP contribution in [-0.2, 0) is 0 Å². The Morgan fingerprint density at radius 3 is 2.31 bits per heavy atom. The second-order valence-electron chi connectivity index (χ2n) is 2.25. The number of halogens is 3. The van der Waals surface area contributed by atoms with E-state index in [1.165, 1.54) is 12.2 Å². The van der Waals surface area contributed by atoms with E-state index in [0.29, 0.717) is 5.56 Å². The summed E-state index contributed by atoms with van der Waals surface area (Å²) in [7, 11) is 0. The third-order valence-corrected chi connectivity index (χ3v) is 1.99. The van der Waals surface area contributed by atoms with Crippen molar-refractivity contribution in [1.29, 1.82) is 5.26 Å². The highest BCUT2D eigenvalue weighted by Gasteiger charge is 2.04. The summed E-state index contributed by atoms with van der Waals surface area (Å²) in [6, 6.07) is 4.08. The maximum atomic E-state index is 12.7. The molecule has 0 radical (unpaired) electrons. The van der Waals surface area contributed by atoms with Crippen LogP contribution in [0.25, 0.3) is 6.08 Å². The molecular formula is C9H4Cl2FN. The topological polar surface area (TPSA) is 23.8 Å². The minimum atomic E-state index is -0.496. The van der Waals surface area contributed by atoms with Gasteiger partial charge in [0, 0.05) is 11.6 Å². The van der Waals surface area contributed by atoms with Gasteiger partial charge in [-0.05, 0) is 18.2 Å². The number of benzene rings is 1. The van der Waals surface area contributed by atoms with Gasteiger partial charge in [0.2, 0.25) is 0 Å². The predicted octanol–water partition coefficient (Wildman–Crippen LogP) is 3.67. The first-order chi connectivity index (χ1) is 6.15. The van der Waals surface area contributed by atoms with E-state index < -0.39 is 5.82 Å². The molecule has 0 spiro atoms. The molecule has 0 aliphatic carbocycles. The van der Waals surface area contributed by atoms with Gasteiger partial charge >= 0.3 is 0 Å². The van der Waals surface area contributed by atoms with E-state index in [0.717, 1.165) is 12.1 Å². The maximum Gasteiger partial charge on any atom is 0.126 e. The van der Waals surface area contributed by atoms with Gasteiger partial charge in [0.1, 0.15) is 5.82 Å². The number of rotatable bonds is 1. The predicted molar refractivity (Wildman–Crippen MR) is 51.1 cm³/mol. The fraction of sp³-hybridized carbons (Fsp3) is 0. The van der Waals surface area contributed by atoms with Crippen molar-refractivity contribution < 1.29 is 4.39 Å². The molecule has 0 aromatic heterocycles. The fourth-order valence-electron chi connectivity index (χ4n) is 0.833. The van der Waals surface area contributed by atoms with Crippen LogP contribution in [0.4, 0.5) is 4.39 Å². The van der Waals surface area contributed by atoms with Crippen LogP contribution in [0.2, 0.25) is 10.0 Å². The van der Waals surface area contributed by atoms with E-state index in [9.17, 15) is 4.39 Å². The average molecular weight is 216 g/mol. The minimum absolute atomic E-state index is 0.191. The lowest BCUT2D eigenvalue weighted by atomic mass is 10.2. The van der Waals surface area contributed by atoms with Crippen molar-refractivity contribution in [3.8, 4) is 6.07 Å². The summed E-state index contributed by atoms with van der Waals surface area (Å²) in [5, 5.41) is 8.65. The van der Waals surface area contributed by atoms with Crippen molar-refractivity contribution >= 4 is 29.3 Å². The van der Waals surface area contributed by atoms with Crippen LogP contribution in [0.3, 0.4) is 0 Å². The lowest BCUT2D eigenvalue weighted by Gasteiger charge is -2.00. The second kappa shape index (κ2) is 4.27. The molecule has 0 aliphatic rings. The maximum absolute atomic E-state index is 12.7. The van der Waals surface area contributed by atoms with E-state index in [1.807, 2.05) is 0 Å². The zero-order valence-corrected chi connectivity index (χ0v) is 7.90. The van der Waals surface area contributed by atoms with Crippen molar-refractivity contribution in [2.45, 2.75) is 0 Å². The number of hydrogen-bond acceptors (Lipinski definition) is 1. The molecule has 0 saturated carbocycles. The number of hydrogen-bond donors (Lipinski definition) is 0. The van der Waals surface area contributed by atoms with E-state index in [4.69, 9.17) is 28.5 Å². The summed E-state index contributed by atoms with van der Waals surface area (Å²) >= 11 is 11.4. The number of allylic oxidation sites excluding steroid dienone is 1. The molecule has 0 N–H and O–H groups in total. The van der Waals surface area contributed by atoms with E-state index in [2.05, 4.69) is 0 Å². The molecule has 0 saturated heterocycles. The molecule has 0 bridgehead atoms. The number of nitrogens with zero attached hydrogens (tertiary/aromatic N) is 1. The normalized spacial score (nSPS) is 10.3. The molecule has 0 unspecified atom stereocenters. The highest BCUT2D eigenvalue weighted by molar-refractivity contribution is 6.37. The molecule has 0 aliphatic heterocycles. The van der Waals surface area contributed by atoms with Crippen molar-refractivity contribution in [2.75, 3.05) is 0 Å². The quantitative estimate of drug-likeness (QED) is 0.657. The van der Waals surface area contributed by atoms with Gasteiger partial charge in [-0.2, -0.15) is 5.26 Å². The van der Waals surface area contributed by atoms with Crippen molar-refractivity contribution in [3.05, 3.63) is 39.6 Å². The Balaban J connectivity index is 3.22. The molecule has 0 heterocycles. The van der Waals surface area contributed by atoms with Crippen molar-refractivity contribution in [1.82, 2.24) is 0 Å². The van der Waals surface area contributed by atoms with Crippen LogP contribution in [0.15, 0.2) is 18.2 Å². The summed E-state index contributed by atoms with van der Waals surface area (Å²) < 4.78 is 12.7. The Hall–Kier alpha value is -1.04. The van der Waals surface area contributed by atoms with Crippen LogP contribution in [0.1, 0.15) is 5.56 Å². The Morgan fingerprint density at radius 1 is 1.31 bits per heavy atom. The largest absolute Gasteiger partial charge is 0.207 e.